The summed E-state index contributed by atoms with van der Waals surface area (Å²) in [6.07, 6.45) is 8.06. The second-order valence-electron chi connectivity index (χ2n) is 18.1. The van der Waals surface area contributed by atoms with Crippen molar-refractivity contribution < 1.29 is 0 Å². The van der Waals surface area contributed by atoms with Crippen LogP contribution in [0, 0.1) is 53.4 Å². The van der Waals surface area contributed by atoms with Gasteiger partial charge in [-0.3, -0.25) is 0 Å². The molecule has 6 aromatic carbocycles. The van der Waals surface area contributed by atoms with Crippen LogP contribution < -0.4 is 21.3 Å². The fraction of sp³-hybridized carbons (Fsp3) is 0.308. The van der Waals surface area contributed by atoms with E-state index in [1.165, 1.54) is 115 Å². The Morgan fingerprint density at radius 2 is 0.945 bits per heavy atom. The third kappa shape index (κ3) is 5.75. The van der Waals surface area contributed by atoms with Crippen molar-refractivity contribution in [2.24, 2.45) is 11.8 Å². The molecule has 2 atom stereocenters. The quantitative estimate of drug-likeness (QED) is 0.157. The summed E-state index contributed by atoms with van der Waals surface area (Å²) in [5, 5.41) is 0. The van der Waals surface area contributed by atoms with Gasteiger partial charge in [0.05, 0.1) is 11.4 Å². The van der Waals surface area contributed by atoms with Gasteiger partial charge in [0.15, 0.2) is 0 Å². The van der Waals surface area contributed by atoms with Crippen LogP contribution >= 0.6 is 11.8 Å². The maximum atomic E-state index is 2.56. The topological polar surface area (TPSA) is 3.24 Å². The molecule has 4 aliphatic carbocycles. The molecule has 55 heavy (non-hydrogen) atoms. The number of fused-ring (bicyclic) bond motifs is 2. The molecule has 274 valence electrons. The lowest BCUT2D eigenvalue weighted by atomic mass is 9.34. The van der Waals surface area contributed by atoms with Gasteiger partial charge >= 0.3 is 0 Å². The molecule has 1 aliphatic heterocycles. The summed E-state index contributed by atoms with van der Waals surface area (Å²) < 4.78 is 0. The first-order valence-electron chi connectivity index (χ1n) is 20.6. The Kier molecular flexibility index (Phi) is 8.31. The number of hydrogen-bond acceptors (Lipinski definition) is 2. The van der Waals surface area contributed by atoms with Gasteiger partial charge in [0, 0.05) is 15.5 Å². The van der Waals surface area contributed by atoms with Gasteiger partial charge in [-0.05, 0) is 150 Å². The summed E-state index contributed by atoms with van der Waals surface area (Å²) in [6, 6.07) is 47.3. The molecule has 0 N–H and O–H groups in total. The van der Waals surface area contributed by atoms with E-state index in [9.17, 15) is 0 Å². The number of benzene rings is 6. The average molecular weight is 734 g/mol. The summed E-state index contributed by atoms with van der Waals surface area (Å²) in [4.78, 5) is 5.11. The molecule has 4 bridgehead atoms. The Hall–Kier alpha value is -4.47. The zero-order chi connectivity index (χ0) is 37.6. The standard InChI is InChI=1S/C52H52BNS/c1-33-23-35(3)49(36(4)24-33)53(50-37(5)25-34(2)26-38(50)6)43-19-15-41(16-20-43)51-28-39-27-40(29-51)31-52(30-39,32-51)42-17-21-44(22-18-42)54-45-11-7-9-13-47(45)55-48-14-10-8-12-46(48)54/h7-26,39-40H,27-32H2,1-6H3. The molecular weight excluding hydrogens is 681 g/mol. The monoisotopic (exact) mass is 733 g/mol. The average Bonchev–Trinajstić information content (AvgIpc) is 3.15. The minimum Gasteiger partial charge on any atom is -0.308 e. The molecule has 0 radical (unpaired) electrons. The summed E-state index contributed by atoms with van der Waals surface area (Å²) in [7, 11) is 0. The molecule has 2 unspecified atom stereocenters. The second-order valence-corrected chi connectivity index (χ2v) is 19.2. The molecule has 0 saturated heterocycles. The van der Waals surface area contributed by atoms with Crippen molar-refractivity contribution in [3.05, 3.63) is 166 Å². The Morgan fingerprint density at radius 3 is 1.40 bits per heavy atom. The van der Waals surface area contributed by atoms with Gasteiger partial charge in [-0.25, -0.2) is 0 Å². The second kappa shape index (κ2) is 13.1. The molecule has 4 saturated carbocycles. The molecule has 4 fully saturated rings. The van der Waals surface area contributed by atoms with Crippen LogP contribution in [0.4, 0.5) is 17.1 Å². The van der Waals surface area contributed by atoms with E-state index in [2.05, 4.69) is 168 Å². The first-order valence-corrected chi connectivity index (χ1v) is 21.4. The largest absolute Gasteiger partial charge is 0.308 e. The summed E-state index contributed by atoms with van der Waals surface area (Å²) in [6.45, 7) is 14.0. The molecule has 0 aromatic heterocycles. The van der Waals surface area contributed by atoms with Crippen molar-refractivity contribution in [2.45, 2.75) is 101 Å². The third-order valence-electron chi connectivity index (χ3n) is 14.1. The lowest BCUT2D eigenvalue weighted by Gasteiger charge is -2.63. The van der Waals surface area contributed by atoms with E-state index >= 15 is 0 Å². The van der Waals surface area contributed by atoms with Crippen molar-refractivity contribution in [2.75, 3.05) is 4.90 Å². The molecule has 11 rings (SSSR count). The van der Waals surface area contributed by atoms with Crippen molar-refractivity contribution in [3.8, 4) is 0 Å². The summed E-state index contributed by atoms with van der Waals surface area (Å²) in [5.41, 5.74) is 20.1. The van der Waals surface area contributed by atoms with Gasteiger partial charge in [-0.15, -0.1) is 0 Å². The van der Waals surface area contributed by atoms with Crippen LogP contribution in [0.3, 0.4) is 0 Å². The third-order valence-corrected chi connectivity index (χ3v) is 15.3. The number of hydrogen-bond donors (Lipinski definition) is 0. The molecule has 3 heteroatoms. The Labute approximate surface area is 333 Å². The SMILES string of the molecule is Cc1cc(C)c(B(c2ccc(C34CC5CC(C3)CC(c3ccc(N6c7ccccc7Sc7ccccc76)cc3)(C5)C4)cc2)c2c(C)cc(C)cc2C)c(C)c1. The molecule has 0 amide bonds. The molecule has 5 aliphatic rings. The van der Waals surface area contributed by atoms with Crippen LogP contribution in [0.25, 0.3) is 0 Å². The number of para-hydroxylation sites is 2. The Balaban J connectivity index is 1.00. The first kappa shape index (κ1) is 35.0. The molecular formula is C52H52BNS. The number of anilines is 3. The highest BCUT2D eigenvalue weighted by Gasteiger charge is 2.58. The minimum atomic E-state index is 0.217. The maximum Gasteiger partial charge on any atom is 0.242 e. The predicted octanol–water partition coefficient (Wildman–Crippen LogP) is 11.8. The fourth-order valence-corrected chi connectivity index (χ4v) is 13.7. The van der Waals surface area contributed by atoms with Gasteiger partial charge in [0.25, 0.3) is 0 Å². The predicted molar refractivity (Wildman–Crippen MR) is 236 cm³/mol. The summed E-state index contributed by atoms with van der Waals surface area (Å²) >= 11 is 1.88. The van der Waals surface area contributed by atoms with Crippen LogP contribution in [0.1, 0.15) is 83.0 Å². The zero-order valence-electron chi connectivity index (χ0n) is 33.4. The van der Waals surface area contributed by atoms with E-state index in [0.29, 0.717) is 0 Å². The smallest absolute Gasteiger partial charge is 0.242 e. The maximum absolute atomic E-state index is 2.56. The number of rotatable bonds is 6. The van der Waals surface area contributed by atoms with Crippen LogP contribution in [-0.2, 0) is 10.8 Å². The highest BCUT2D eigenvalue weighted by molar-refractivity contribution is 7.99. The number of aryl methyl sites for hydroxylation is 6. The van der Waals surface area contributed by atoms with E-state index < -0.39 is 0 Å². The highest BCUT2D eigenvalue weighted by atomic mass is 32.2. The van der Waals surface area contributed by atoms with Crippen molar-refractivity contribution in [1.29, 1.82) is 0 Å². The Bertz CT molecular complexity index is 2300. The van der Waals surface area contributed by atoms with Gasteiger partial charge in [-0.2, -0.15) is 0 Å². The Morgan fingerprint density at radius 1 is 0.527 bits per heavy atom. The molecule has 1 nitrogen and oxygen atoms in total. The van der Waals surface area contributed by atoms with Gasteiger partial charge in [0.1, 0.15) is 0 Å². The van der Waals surface area contributed by atoms with Gasteiger partial charge in [-0.1, -0.05) is 146 Å². The molecule has 0 spiro atoms. The van der Waals surface area contributed by atoms with Crippen molar-refractivity contribution in [3.63, 3.8) is 0 Å². The van der Waals surface area contributed by atoms with E-state index in [-0.39, 0.29) is 17.5 Å². The van der Waals surface area contributed by atoms with E-state index in [4.69, 9.17) is 0 Å². The number of nitrogens with zero attached hydrogens (tertiary/aromatic N) is 1. The van der Waals surface area contributed by atoms with Gasteiger partial charge < -0.3 is 4.90 Å². The van der Waals surface area contributed by atoms with E-state index in [1.807, 2.05) is 11.8 Å². The highest BCUT2D eigenvalue weighted by Crippen LogP contribution is 2.66. The van der Waals surface area contributed by atoms with E-state index in [0.717, 1.165) is 11.8 Å². The molecule has 6 aromatic rings. The van der Waals surface area contributed by atoms with Crippen LogP contribution in [0.2, 0.25) is 0 Å². The lowest BCUT2D eigenvalue weighted by Crippen LogP contribution is -2.57. The first-order chi connectivity index (χ1) is 26.6. The zero-order valence-corrected chi connectivity index (χ0v) is 34.2. The van der Waals surface area contributed by atoms with Gasteiger partial charge in [0.2, 0.25) is 6.71 Å². The van der Waals surface area contributed by atoms with Crippen molar-refractivity contribution >= 4 is 51.9 Å². The molecule has 1 heterocycles. The van der Waals surface area contributed by atoms with Crippen molar-refractivity contribution in [1.82, 2.24) is 0 Å². The van der Waals surface area contributed by atoms with Crippen LogP contribution in [-0.4, -0.2) is 6.71 Å². The normalized spacial score (nSPS) is 23.4. The van der Waals surface area contributed by atoms with E-state index in [1.54, 1.807) is 11.1 Å². The summed E-state index contributed by atoms with van der Waals surface area (Å²) in [5.74, 6) is 1.61. The van der Waals surface area contributed by atoms with Crippen LogP contribution in [0.5, 0.6) is 0 Å². The lowest BCUT2D eigenvalue weighted by molar-refractivity contribution is -0.0281. The van der Waals surface area contributed by atoms with Crippen LogP contribution in [0.15, 0.2) is 131 Å². The fourth-order valence-electron chi connectivity index (χ4n) is 12.7. The minimum absolute atomic E-state index is 0.217.